The van der Waals surface area contributed by atoms with Crippen molar-refractivity contribution < 1.29 is 9.18 Å². The Morgan fingerprint density at radius 3 is 2.87 bits per heavy atom. The van der Waals surface area contributed by atoms with Gasteiger partial charge in [-0.2, -0.15) is 0 Å². The summed E-state index contributed by atoms with van der Waals surface area (Å²) in [6, 6.07) is 14.0. The first-order valence-corrected chi connectivity index (χ1v) is 7.65. The van der Waals surface area contributed by atoms with E-state index in [-0.39, 0.29) is 18.1 Å². The lowest BCUT2D eigenvalue weighted by molar-refractivity contribution is -0.120. The Morgan fingerprint density at radius 2 is 2.04 bits per heavy atom. The van der Waals surface area contributed by atoms with Crippen LogP contribution in [0.5, 0.6) is 0 Å². The summed E-state index contributed by atoms with van der Waals surface area (Å²) >= 11 is 0. The zero-order chi connectivity index (χ0) is 16.1. The van der Waals surface area contributed by atoms with Crippen molar-refractivity contribution in [2.24, 2.45) is 0 Å². The van der Waals surface area contributed by atoms with E-state index in [2.05, 4.69) is 15.3 Å². The number of amides is 1. The van der Waals surface area contributed by atoms with Crippen molar-refractivity contribution in [1.82, 2.24) is 15.3 Å². The fourth-order valence-electron chi connectivity index (χ4n) is 2.50. The molecule has 3 rings (SSSR count). The van der Waals surface area contributed by atoms with Crippen LogP contribution in [0.25, 0.3) is 11.0 Å². The lowest BCUT2D eigenvalue weighted by Crippen LogP contribution is -2.26. The van der Waals surface area contributed by atoms with Gasteiger partial charge in [-0.05, 0) is 36.2 Å². The molecule has 118 valence electrons. The Labute approximate surface area is 133 Å². The summed E-state index contributed by atoms with van der Waals surface area (Å²) in [4.78, 5) is 19.6. The normalized spacial score (nSPS) is 10.8. The number of hydrogen-bond acceptors (Lipinski definition) is 2. The molecular formula is C18H18FN3O. The highest BCUT2D eigenvalue weighted by molar-refractivity contribution is 5.78. The summed E-state index contributed by atoms with van der Waals surface area (Å²) in [6.45, 7) is 0.575. The second-order valence-corrected chi connectivity index (χ2v) is 5.46. The van der Waals surface area contributed by atoms with Crippen LogP contribution in [-0.2, 0) is 17.6 Å². The average Bonchev–Trinajstić information content (AvgIpc) is 2.94. The number of aryl methyl sites for hydroxylation is 1. The number of aromatic nitrogens is 2. The van der Waals surface area contributed by atoms with Gasteiger partial charge in [0.15, 0.2) is 0 Å². The highest BCUT2D eigenvalue weighted by atomic mass is 19.1. The van der Waals surface area contributed by atoms with Crippen LogP contribution in [0.2, 0.25) is 0 Å². The van der Waals surface area contributed by atoms with E-state index in [1.807, 2.05) is 24.3 Å². The molecule has 0 aliphatic heterocycles. The van der Waals surface area contributed by atoms with E-state index < -0.39 is 0 Å². The zero-order valence-corrected chi connectivity index (χ0v) is 12.7. The number of halogens is 1. The summed E-state index contributed by atoms with van der Waals surface area (Å²) < 4.78 is 13.1. The van der Waals surface area contributed by atoms with Gasteiger partial charge in [0.25, 0.3) is 0 Å². The molecule has 2 aromatic carbocycles. The average molecular weight is 311 g/mol. The van der Waals surface area contributed by atoms with E-state index in [0.29, 0.717) is 12.1 Å². The predicted octanol–water partition coefficient (Wildman–Crippen LogP) is 2.99. The number of imidazole rings is 1. The quantitative estimate of drug-likeness (QED) is 0.688. The predicted molar refractivity (Wildman–Crippen MR) is 87.5 cm³/mol. The molecule has 23 heavy (non-hydrogen) atoms. The molecule has 1 aromatic heterocycles. The van der Waals surface area contributed by atoms with E-state index in [0.717, 1.165) is 29.7 Å². The number of aromatic amines is 1. The Hall–Kier alpha value is -2.69. The van der Waals surface area contributed by atoms with Crippen molar-refractivity contribution in [1.29, 1.82) is 0 Å². The van der Waals surface area contributed by atoms with Crippen LogP contribution in [0.3, 0.4) is 0 Å². The van der Waals surface area contributed by atoms with Gasteiger partial charge >= 0.3 is 0 Å². The van der Waals surface area contributed by atoms with Crippen molar-refractivity contribution in [3.8, 4) is 0 Å². The molecule has 2 N–H and O–H groups in total. The Bertz CT molecular complexity index is 780. The summed E-state index contributed by atoms with van der Waals surface area (Å²) in [5.41, 5.74) is 2.66. The minimum atomic E-state index is -0.319. The lowest BCUT2D eigenvalue weighted by Gasteiger charge is -2.04. The summed E-state index contributed by atoms with van der Waals surface area (Å²) in [5.74, 6) is 0.506. The molecule has 0 saturated carbocycles. The van der Waals surface area contributed by atoms with Crippen LogP contribution >= 0.6 is 0 Å². The van der Waals surface area contributed by atoms with Gasteiger partial charge in [0.05, 0.1) is 17.5 Å². The first-order chi connectivity index (χ1) is 11.2. The minimum Gasteiger partial charge on any atom is -0.356 e. The molecule has 5 heteroatoms. The van der Waals surface area contributed by atoms with Crippen LogP contribution in [0, 0.1) is 5.82 Å². The Balaban J connectivity index is 1.43. The minimum absolute atomic E-state index is 0.0970. The maximum Gasteiger partial charge on any atom is 0.224 e. The number of H-pyrrole nitrogens is 1. The first kappa shape index (κ1) is 15.2. The van der Waals surface area contributed by atoms with Gasteiger partial charge in [0, 0.05) is 13.0 Å². The number of hydrogen-bond donors (Lipinski definition) is 2. The maximum absolute atomic E-state index is 13.1. The van der Waals surface area contributed by atoms with Crippen LogP contribution in [0.15, 0.2) is 48.5 Å². The highest BCUT2D eigenvalue weighted by Crippen LogP contribution is 2.11. The molecule has 0 unspecified atom stereocenters. The van der Waals surface area contributed by atoms with Crippen molar-refractivity contribution in [3.05, 3.63) is 65.7 Å². The monoisotopic (exact) mass is 311 g/mol. The van der Waals surface area contributed by atoms with Crippen molar-refractivity contribution in [2.45, 2.75) is 19.3 Å². The summed E-state index contributed by atoms with van der Waals surface area (Å²) in [7, 11) is 0. The van der Waals surface area contributed by atoms with E-state index in [4.69, 9.17) is 0 Å². The fraction of sp³-hybridized carbons (Fsp3) is 0.222. The standard InChI is InChI=1S/C18H18FN3O/c19-14-6-3-5-13(11-14)12-18(23)20-10-4-9-17-21-15-7-1-2-8-16(15)22-17/h1-3,5-8,11H,4,9-10,12H2,(H,20,23)(H,21,22). The molecule has 3 aromatic rings. The van der Waals surface area contributed by atoms with Gasteiger partial charge in [0.1, 0.15) is 11.6 Å². The molecule has 0 atom stereocenters. The smallest absolute Gasteiger partial charge is 0.224 e. The van der Waals surface area contributed by atoms with Gasteiger partial charge in [-0.15, -0.1) is 0 Å². The molecule has 0 saturated heterocycles. The number of nitrogens with zero attached hydrogens (tertiary/aromatic N) is 1. The lowest BCUT2D eigenvalue weighted by atomic mass is 10.1. The molecule has 0 spiro atoms. The number of rotatable bonds is 6. The number of carbonyl (C=O) groups is 1. The number of benzene rings is 2. The molecule has 0 aliphatic rings. The van der Waals surface area contributed by atoms with Gasteiger partial charge in [-0.1, -0.05) is 24.3 Å². The van der Waals surface area contributed by atoms with Gasteiger partial charge in [0.2, 0.25) is 5.91 Å². The molecule has 0 bridgehead atoms. The molecule has 0 radical (unpaired) electrons. The third kappa shape index (κ3) is 4.16. The van der Waals surface area contributed by atoms with Crippen LogP contribution < -0.4 is 5.32 Å². The van der Waals surface area contributed by atoms with Crippen molar-refractivity contribution >= 4 is 16.9 Å². The van der Waals surface area contributed by atoms with Crippen LogP contribution in [0.4, 0.5) is 4.39 Å². The molecule has 1 amide bonds. The summed E-state index contributed by atoms with van der Waals surface area (Å²) in [6.07, 6.45) is 1.77. The van der Waals surface area contributed by atoms with Crippen LogP contribution in [-0.4, -0.2) is 22.4 Å². The number of fused-ring (bicyclic) bond motifs is 1. The zero-order valence-electron chi connectivity index (χ0n) is 12.7. The van der Waals surface area contributed by atoms with Crippen molar-refractivity contribution in [2.75, 3.05) is 6.54 Å². The molecule has 1 heterocycles. The fourth-order valence-corrected chi connectivity index (χ4v) is 2.50. The Kier molecular flexibility index (Phi) is 4.66. The highest BCUT2D eigenvalue weighted by Gasteiger charge is 2.05. The third-order valence-electron chi connectivity index (χ3n) is 3.60. The number of nitrogens with one attached hydrogen (secondary N) is 2. The number of para-hydroxylation sites is 2. The van der Waals surface area contributed by atoms with E-state index in [1.165, 1.54) is 12.1 Å². The molecule has 0 fully saturated rings. The van der Waals surface area contributed by atoms with Crippen molar-refractivity contribution in [3.63, 3.8) is 0 Å². The Morgan fingerprint density at radius 1 is 1.17 bits per heavy atom. The van der Waals surface area contributed by atoms with Gasteiger partial charge < -0.3 is 10.3 Å². The van der Waals surface area contributed by atoms with Gasteiger partial charge in [-0.25, -0.2) is 9.37 Å². The van der Waals surface area contributed by atoms with E-state index >= 15 is 0 Å². The molecule has 4 nitrogen and oxygen atoms in total. The molecular weight excluding hydrogens is 293 g/mol. The maximum atomic E-state index is 13.1. The topological polar surface area (TPSA) is 57.8 Å². The first-order valence-electron chi connectivity index (χ1n) is 7.65. The second kappa shape index (κ2) is 7.05. The largest absolute Gasteiger partial charge is 0.356 e. The second-order valence-electron chi connectivity index (χ2n) is 5.46. The molecule has 0 aliphatic carbocycles. The van der Waals surface area contributed by atoms with E-state index in [9.17, 15) is 9.18 Å². The summed E-state index contributed by atoms with van der Waals surface area (Å²) in [5, 5.41) is 2.85. The van der Waals surface area contributed by atoms with Crippen LogP contribution in [0.1, 0.15) is 17.8 Å². The van der Waals surface area contributed by atoms with Gasteiger partial charge in [-0.3, -0.25) is 4.79 Å². The van der Waals surface area contributed by atoms with E-state index in [1.54, 1.807) is 12.1 Å². The number of carbonyl (C=O) groups excluding carboxylic acids is 1. The third-order valence-corrected chi connectivity index (χ3v) is 3.60. The SMILES string of the molecule is O=C(Cc1cccc(F)c1)NCCCc1nc2ccccc2[nH]1.